The summed E-state index contributed by atoms with van der Waals surface area (Å²) in [4.78, 5) is 45.7. The summed E-state index contributed by atoms with van der Waals surface area (Å²) in [6, 6.07) is -1.01. The summed E-state index contributed by atoms with van der Waals surface area (Å²) in [5.41, 5.74) is 0. The van der Waals surface area contributed by atoms with E-state index in [4.69, 9.17) is 10.2 Å². The van der Waals surface area contributed by atoms with Crippen molar-refractivity contribution in [2.45, 2.75) is 43.9 Å². The minimum atomic E-state index is -1.14. The maximum Gasteiger partial charge on any atom is 0.326 e. The summed E-state index contributed by atoms with van der Waals surface area (Å²) in [7, 11) is 0. The van der Waals surface area contributed by atoms with Gasteiger partial charge in [0, 0.05) is 31.6 Å². The minimum absolute atomic E-state index is 0.102. The number of likely N-dealkylation sites (tertiary alicyclic amines) is 1. The Balaban J connectivity index is 2.62. The average molecular weight is 303 g/mol. The molecule has 0 aliphatic carbocycles. The van der Waals surface area contributed by atoms with Crippen LogP contribution in [-0.4, -0.2) is 55.9 Å². The Hall–Kier alpha value is -1.57. The Morgan fingerprint density at radius 1 is 1.40 bits per heavy atom. The molecule has 1 heterocycles. The lowest BCUT2D eigenvalue weighted by Crippen LogP contribution is -2.42. The molecule has 0 spiro atoms. The number of thioether (sulfide) groups is 1. The van der Waals surface area contributed by atoms with Crippen molar-refractivity contribution in [3.63, 3.8) is 0 Å². The van der Waals surface area contributed by atoms with E-state index in [1.807, 2.05) is 0 Å². The van der Waals surface area contributed by atoms with Gasteiger partial charge in [-0.2, -0.15) is 0 Å². The maximum absolute atomic E-state index is 11.8. The third kappa shape index (κ3) is 4.84. The molecular weight excluding hydrogens is 286 g/mol. The highest BCUT2D eigenvalue weighted by atomic mass is 32.2. The van der Waals surface area contributed by atoms with Gasteiger partial charge in [0.2, 0.25) is 5.91 Å². The predicted octanol–water partition coefficient (Wildman–Crippen LogP) is 0.575. The lowest BCUT2D eigenvalue weighted by atomic mass is 10.1. The van der Waals surface area contributed by atoms with E-state index in [0.717, 1.165) is 11.8 Å². The van der Waals surface area contributed by atoms with Crippen molar-refractivity contribution in [1.82, 2.24) is 4.90 Å². The molecule has 1 aliphatic heterocycles. The first-order chi connectivity index (χ1) is 9.31. The lowest BCUT2D eigenvalue weighted by molar-refractivity contribution is -0.149. The predicted molar refractivity (Wildman–Crippen MR) is 71.3 cm³/mol. The van der Waals surface area contributed by atoms with Gasteiger partial charge >= 0.3 is 11.9 Å². The Kier molecular flexibility index (Phi) is 6.00. The van der Waals surface area contributed by atoms with Gasteiger partial charge in [-0.3, -0.25) is 14.4 Å². The molecule has 1 aliphatic rings. The molecule has 1 fully saturated rings. The number of aliphatic carboxylic acids is 2. The number of amides is 1. The Morgan fingerprint density at radius 3 is 2.55 bits per heavy atom. The van der Waals surface area contributed by atoms with Crippen molar-refractivity contribution in [1.29, 1.82) is 0 Å². The molecule has 0 radical (unpaired) electrons. The zero-order chi connectivity index (χ0) is 15.3. The normalized spacial score (nSPS) is 19.9. The molecule has 0 aromatic heterocycles. The first kappa shape index (κ1) is 16.5. The second kappa shape index (κ2) is 7.28. The molecule has 1 amide bonds. The highest BCUT2D eigenvalue weighted by Gasteiger charge is 2.38. The van der Waals surface area contributed by atoms with Gasteiger partial charge < -0.3 is 15.1 Å². The van der Waals surface area contributed by atoms with Gasteiger partial charge in [0.05, 0.1) is 0 Å². The number of hydrogen-bond donors (Lipinski definition) is 2. The number of carbonyl (C=O) groups excluding carboxylic acids is 2. The van der Waals surface area contributed by atoms with E-state index < -0.39 is 18.0 Å². The molecule has 8 heteroatoms. The molecular formula is C12H17NO6S. The van der Waals surface area contributed by atoms with Crippen molar-refractivity contribution in [3.05, 3.63) is 0 Å². The third-order valence-electron chi connectivity index (χ3n) is 2.99. The Bertz CT molecular complexity index is 424. The summed E-state index contributed by atoms with van der Waals surface area (Å²) < 4.78 is 0. The SMILES string of the molecule is CC(=O)SC1CC(=O)N([C@H](CCCC(=O)O)C(=O)O)C1. The van der Waals surface area contributed by atoms with Crippen LogP contribution in [0.5, 0.6) is 0 Å². The molecule has 2 N–H and O–H groups in total. The molecule has 0 aromatic rings. The van der Waals surface area contributed by atoms with Crippen molar-refractivity contribution in [2.24, 2.45) is 0 Å². The molecule has 1 unspecified atom stereocenters. The van der Waals surface area contributed by atoms with E-state index in [-0.39, 0.29) is 48.5 Å². The molecule has 7 nitrogen and oxygen atoms in total. The van der Waals surface area contributed by atoms with Gasteiger partial charge in [-0.25, -0.2) is 4.79 Å². The summed E-state index contributed by atoms with van der Waals surface area (Å²) >= 11 is 1.04. The number of carboxylic acid groups (broad SMARTS) is 2. The second-order valence-corrected chi connectivity index (χ2v) is 6.10. The van der Waals surface area contributed by atoms with Gasteiger partial charge in [-0.15, -0.1) is 0 Å². The summed E-state index contributed by atoms with van der Waals surface area (Å²) in [5.74, 6) is -2.43. The highest BCUT2D eigenvalue weighted by molar-refractivity contribution is 8.14. The Labute approximate surface area is 120 Å². The fourth-order valence-corrected chi connectivity index (χ4v) is 3.10. The maximum atomic E-state index is 11.8. The lowest BCUT2D eigenvalue weighted by Gasteiger charge is -2.24. The zero-order valence-corrected chi connectivity index (χ0v) is 11.9. The largest absolute Gasteiger partial charge is 0.481 e. The quantitative estimate of drug-likeness (QED) is 0.707. The highest BCUT2D eigenvalue weighted by Crippen LogP contribution is 2.27. The molecule has 1 rings (SSSR count). The van der Waals surface area contributed by atoms with Crippen LogP contribution in [0.3, 0.4) is 0 Å². The van der Waals surface area contributed by atoms with Gasteiger partial charge in [0.25, 0.3) is 0 Å². The van der Waals surface area contributed by atoms with Crippen LogP contribution < -0.4 is 0 Å². The number of hydrogen-bond acceptors (Lipinski definition) is 5. The number of nitrogens with zero attached hydrogens (tertiary/aromatic N) is 1. The van der Waals surface area contributed by atoms with Crippen molar-refractivity contribution < 1.29 is 29.4 Å². The van der Waals surface area contributed by atoms with Crippen LogP contribution in [0.1, 0.15) is 32.6 Å². The third-order valence-corrected chi connectivity index (χ3v) is 3.97. The van der Waals surface area contributed by atoms with Gasteiger partial charge in [-0.1, -0.05) is 11.8 Å². The molecule has 112 valence electrons. The van der Waals surface area contributed by atoms with Crippen LogP contribution in [0.2, 0.25) is 0 Å². The van der Waals surface area contributed by atoms with E-state index in [1.54, 1.807) is 0 Å². The van der Waals surface area contributed by atoms with Crippen molar-refractivity contribution in [3.8, 4) is 0 Å². The first-order valence-corrected chi connectivity index (χ1v) is 7.10. The van der Waals surface area contributed by atoms with Crippen LogP contribution in [0.25, 0.3) is 0 Å². The van der Waals surface area contributed by atoms with E-state index in [2.05, 4.69) is 0 Å². The van der Waals surface area contributed by atoms with E-state index in [1.165, 1.54) is 11.8 Å². The average Bonchev–Trinajstić information content (AvgIpc) is 2.63. The standard InChI is InChI=1S/C12H17NO6S/c1-7(14)20-8-5-10(15)13(6-8)9(12(18)19)3-2-4-11(16)17/h8-9H,2-6H2,1H3,(H,16,17)(H,18,19)/t8?,9-/m1/s1. The smallest absolute Gasteiger partial charge is 0.326 e. The minimum Gasteiger partial charge on any atom is -0.481 e. The van der Waals surface area contributed by atoms with Crippen LogP contribution in [-0.2, 0) is 19.2 Å². The van der Waals surface area contributed by atoms with Crippen LogP contribution >= 0.6 is 11.8 Å². The number of carbonyl (C=O) groups is 4. The van der Waals surface area contributed by atoms with E-state index >= 15 is 0 Å². The van der Waals surface area contributed by atoms with E-state index in [0.29, 0.717) is 0 Å². The van der Waals surface area contributed by atoms with Gasteiger partial charge in [0.1, 0.15) is 6.04 Å². The summed E-state index contributed by atoms with van der Waals surface area (Å²) in [6.45, 7) is 1.62. The molecule has 2 atom stereocenters. The van der Waals surface area contributed by atoms with Crippen molar-refractivity contribution >= 4 is 34.7 Å². The van der Waals surface area contributed by atoms with E-state index in [9.17, 15) is 19.2 Å². The van der Waals surface area contributed by atoms with Gasteiger partial charge in [-0.05, 0) is 12.8 Å². The molecule has 1 saturated heterocycles. The molecule has 0 aromatic carbocycles. The second-order valence-electron chi connectivity index (χ2n) is 4.62. The molecule has 20 heavy (non-hydrogen) atoms. The zero-order valence-electron chi connectivity index (χ0n) is 11.1. The summed E-state index contributed by atoms with van der Waals surface area (Å²) in [6.07, 6.45) is 0.315. The fraction of sp³-hybridized carbons (Fsp3) is 0.667. The number of carboxylic acids is 2. The Morgan fingerprint density at radius 2 is 2.05 bits per heavy atom. The summed E-state index contributed by atoms with van der Waals surface area (Å²) in [5, 5.41) is 17.4. The van der Waals surface area contributed by atoms with Crippen LogP contribution in [0.4, 0.5) is 0 Å². The monoisotopic (exact) mass is 303 g/mol. The van der Waals surface area contributed by atoms with Gasteiger partial charge in [0.15, 0.2) is 5.12 Å². The molecule has 0 saturated carbocycles. The van der Waals surface area contributed by atoms with Crippen LogP contribution in [0, 0.1) is 0 Å². The topological polar surface area (TPSA) is 112 Å². The van der Waals surface area contributed by atoms with Crippen molar-refractivity contribution in [2.75, 3.05) is 6.54 Å². The number of rotatable bonds is 7. The molecule has 0 bridgehead atoms. The first-order valence-electron chi connectivity index (χ1n) is 6.22. The van der Waals surface area contributed by atoms with Crippen LogP contribution in [0.15, 0.2) is 0 Å². The fourth-order valence-electron chi connectivity index (χ4n) is 2.17.